The van der Waals surface area contributed by atoms with Gasteiger partial charge in [-0.1, -0.05) is 31.5 Å². The fraction of sp³-hybridized carbons (Fsp3) is 0.514. The van der Waals surface area contributed by atoms with Crippen molar-refractivity contribution < 1.29 is 45.1 Å². The molecule has 14 heteroatoms. The second-order valence-electron chi connectivity index (χ2n) is 14.3. The third-order valence-electron chi connectivity index (χ3n) is 11.0. The van der Waals surface area contributed by atoms with Crippen LogP contribution in [0.15, 0.2) is 48.7 Å². The highest BCUT2D eigenvalue weighted by atomic mass is 35.5. The number of nitrogens with zero attached hydrogens (tertiary/aromatic N) is 1. The number of nitrogens with one attached hydrogen (secondary N) is 1. The number of anilines is 1. The zero-order valence-electron chi connectivity index (χ0n) is 28.7. The lowest BCUT2D eigenvalue weighted by molar-refractivity contribution is -0.148. The Bertz CT molecular complexity index is 1900. The van der Waals surface area contributed by atoms with Crippen molar-refractivity contribution in [2.24, 2.45) is 11.8 Å². The number of aryl methyl sites for hydroxylation is 1. The fourth-order valence-corrected chi connectivity index (χ4v) is 9.19. The SMILES string of the molecule is COC(=O)C1(Nc2cccc(Cl)c2)CCC2(CC1)c1cc(O)c(OS(=O)(=O)C(F)(F)F)cc1C[C@@H]2C[C@@H](C)COc1ccnc2c1[C@H](C)CCC2. The molecule has 3 atom stereocenters. The first-order valence-electron chi connectivity index (χ1n) is 17.2. The van der Waals surface area contributed by atoms with Gasteiger partial charge in [-0.15, -0.1) is 0 Å². The minimum Gasteiger partial charge on any atom is -0.504 e. The molecule has 3 aromatic rings. The third-order valence-corrected chi connectivity index (χ3v) is 12.2. The molecule has 0 bridgehead atoms. The number of hydrogen-bond donors (Lipinski definition) is 2. The van der Waals surface area contributed by atoms with Gasteiger partial charge >= 0.3 is 21.6 Å². The number of carbonyl (C=O) groups is 1. The van der Waals surface area contributed by atoms with Crippen molar-refractivity contribution in [1.29, 1.82) is 0 Å². The molecule has 2 N–H and O–H groups in total. The highest BCUT2D eigenvalue weighted by Gasteiger charge is 2.55. The van der Waals surface area contributed by atoms with E-state index in [0.717, 1.165) is 36.3 Å². The van der Waals surface area contributed by atoms with Crippen LogP contribution in [-0.2, 0) is 37.9 Å². The minimum atomic E-state index is -6.01. The number of fused-ring (bicyclic) bond motifs is 3. The summed E-state index contributed by atoms with van der Waals surface area (Å²) in [5.41, 5.74) is -3.20. The van der Waals surface area contributed by atoms with E-state index in [2.05, 4.69) is 28.3 Å². The number of hydrogen-bond acceptors (Lipinski definition) is 9. The summed E-state index contributed by atoms with van der Waals surface area (Å²) in [4.78, 5) is 18.0. The lowest BCUT2D eigenvalue weighted by atomic mass is 9.59. The van der Waals surface area contributed by atoms with Crippen LogP contribution in [0.2, 0.25) is 5.02 Å². The molecule has 51 heavy (non-hydrogen) atoms. The number of methoxy groups -OCH3 is 1. The van der Waals surface area contributed by atoms with Gasteiger partial charge in [0.15, 0.2) is 11.5 Å². The number of ether oxygens (including phenoxy) is 2. The lowest BCUT2D eigenvalue weighted by Crippen LogP contribution is -2.53. The van der Waals surface area contributed by atoms with E-state index in [-0.39, 0.29) is 11.8 Å². The fourth-order valence-electron chi connectivity index (χ4n) is 8.54. The highest BCUT2D eigenvalue weighted by Crippen LogP contribution is 2.58. The second-order valence-corrected chi connectivity index (χ2v) is 16.3. The number of aromatic hydroxyl groups is 1. The first kappa shape index (κ1) is 37.1. The van der Waals surface area contributed by atoms with Gasteiger partial charge in [0, 0.05) is 28.2 Å². The first-order chi connectivity index (χ1) is 24.1. The van der Waals surface area contributed by atoms with Gasteiger partial charge in [-0.25, -0.2) is 4.79 Å². The first-order valence-corrected chi connectivity index (χ1v) is 19.0. The number of pyridine rings is 1. The topological polar surface area (TPSA) is 124 Å². The van der Waals surface area contributed by atoms with Gasteiger partial charge in [0.05, 0.1) is 13.7 Å². The molecule has 1 spiro atoms. The van der Waals surface area contributed by atoms with Crippen LogP contribution in [0, 0.1) is 11.8 Å². The lowest BCUT2D eigenvalue weighted by Gasteiger charge is -2.47. The van der Waals surface area contributed by atoms with E-state index in [0.29, 0.717) is 72.9 Å². The molecule has 0 saturated heterocycles. The van der Waals surface area contributed by atoms with Crippen molar-refractivity contribution in [3.05, 3.63) is 76.1 Å². The number of phenols is 1. The van der Waals surface area contributed by atoms with Gasteiger partial charge in [0.2, 0.25) is 0 Å². The second kappa shape index (κ2) is 14.0. The summed E-state index contributed by atoms with van der Waals surface area (Å²) in [7, 11) is -4.68. The van der Waals surface area contributed by atoms with E-state index >= 15 is 0 Å². The molecule has 1 fully saturated rings. The normalized spacial score (nSPS) is 25.1. The van der Waals surface area contributed by atoms with Gasteiger partial charge in [0.1, 0.15) is 11.3 Å². The van der Waals surface area contributed by atoms with E-state index in [9.17, 15) is 31.5 Å². The zero-order chi connectivity index (χ0) is 36.8. The standard InChI is InChI=1S/C37H42ClF3N2O7S/c1-22(21-49-31-10-15-42-29-9-4-6-23(2)33(29)31)16-25-17-24-18-32(50-51(46,47)37(39,40)41)30(44)20-28(24)35(25)11-13-36(14-12-35,34(45)48-3)43-27-8-5-7-26(38)19-27/h5,7-8,10,15,18-20,22-23,25,43-44H,4,6,9,11-14,16-17,21H2,1-3H3/t22-,23-,25+,35?,36?/m1/s1. The number of alkyl halides is 3. The molecule has 276 valence electrons. The van der Waals surface area contributed by atoms with Gasteiger partial charge in [-0.05, 0) is 128 Å². The maximum absolute atomic E-state index is 13.4. The molecular weight excluding hydrogens is 709 g/mol. The van der Waals surface area contributed by atoms with E-state index in [1.54, 1.807) is 24.4 Å². The molecule has 0 amide bonds. The molecule has 0 radical (unpaired) electrons. The molecule has 0 unspecified atom stereocenters. The maximum atomic E-state index is 13.4. The van der Waals surface area contributed by atoms with Crippen LogP contribution >= 0.6 is 11.6 Å². The van der Waals surface area contributed by atoms with Gasteiger partial charge in [-0.2, -0.15) is 21.6 Å². The van der Waals surface area contributed by atoms with Crippen molar-refractivity contribution in [1.82, 2.24) is 4.98 Å². The molecule has 0 aliphatic heterocycles. The van der Waals surface area contributed by atoms with Crippen LogP contribution in [0.3, 0.4) is 0 Å². The molecule has 9 nitrogen and oxygen atoms in total. The van der Waals surface area contributed by atoms with Crippen LogP contribution in [-0.4, -0.2) is 49.2 Å². The van der Waals surface area contributed by atoms with E-state index in [4.69, 9.17) is 21.1 Å². The Balaban J connectivity index is 1.30. The van der Waals surface area contributed by atoms with Crippen molar-refractivity contribution in [2.45, 2.75) is 94.0 Å². The summed E-state index contributed by atoms with van der Waals surface area (Å²) in [6.07, 6.45) is 7.52. The molecule has 3 aliphatic carbocycles. The number of phenolic OH excluding ortho intramolecular Hbond substituents is 1. The Morgan fingerprint density at radius 1 is 1.14 bits per heavy atom. The molecule has 1 aromatic heterocycles. The summed E-state index contributed by atoms with van der Waals surface area (Å²) in [6, 6.07) is 11.5. The quantitative estimate of drug-likeness (QED) is 0.120. The number of benzene rings is 2. The Kier molecular flexibility index (Phi) is 10.2. The van der Waals surface area contributed by atoms with Gasteiger partial charge < -0.3 is 24.1 Å². The number of aromatic nitrogens is 1. The summed E-state index contributed by atoms with van der Waals surface area (Å²) >= 11 is 6.24. The third kappa shape index (κ3) is 7.20. The van der Waals surface area contributed by atoms with Crippen molar-refractivity contribution in [3.8, 4) is 17.2 Å². The number of esters is 1. The van der Waals surface area contributed by atoms with Crippen LogP contribution < -0.4 is 14.2 Å². The Labute approximate surface area is 301 Å². The largest absolute Gasteiger partial charge is 0.534 e. The Morgan fingerprint density at radius 2 is 1.88 bits per heavy atom. The maximum Gasteiger partial charge on any atom is 0.534 e. The van der Waals surface area contributed by atoms with Crippen molar-refractivity contribution in [3.63, 3.8) is 0 Å². The predicted octanol–water partition coefficient (Wildman–Crippen LogP) is 8.22. The zero-order valence-corrected chi connectivity index (χ0v) is 30.3. The Morgan fingerprint density at radius 3 is 2.57 bits per heavy atom. The van der Waals surface area contributed by atoms with Gasteiger partial charge in [-0.3, -0.25) is 4.98 Å². The number of rotatable bonds is 10. The average molecular weight is 751 g/mol. The summed E-state index contributed by atoms with van der Waals surface area (Å²) in [5, 5.41) is 14.8. The monoisotopic (exact) mass is 750 g/mol. The predicted molar refractivity (Wildman–Crippen MR) is 186 cm³/mol. The number of halogens is 4. The van der Waals surface area contributed by atoms with E-state index in [1.165, 1.54) is 19.2 Å². The molecule has 1 saturated carbocycles. The smallest absolute Gasteiger partial charge is 0.504 e. The van der Waals surface area contributed by atoms with Crippen LogP contribution in [0.4, 0.5) is 18.9 Å². The molecule has 1 heterocycles. The van der Waals surface area contributed by atoms with Crippen molar-refractivity contribution in [2.75, 3.05) is 19.0 Å². The molecule has 2 aromatic carbocycles. The Hall–Kier alpha value is -3.71. The van der Waals surface area contributed by atoms with Crippen LogP contribution in [0.1, 0.15) is 87.1 Å². The summed E-state index contributed by atoms with van der Waals surface area (Å²) < 4.78 is 79.5. The minimum absolute atomic E-state index is 0.0377. The molecular formula is C37H42ClF3N2O7S. The average Bonchev–Trinajstić information content (AvgIpc) is 3.34. The number of carbonyl (C=O) groups excluding carboxylic acids is 1. The molecule has 6 rings (SSSR count). The van der Waals surface area contributed by atoms with E-state index < -0.39 is 44.0 Å². The summed E-state index contributed by atoms with van der Waals surface area (Å²) in [5.74, 6) is -0.804. The van der Waals surface area contributed by atoms with Crippen LogP contribution in [0.5, 0.6) is 17.2 Å². The highest BCUT2D eigenvalue weighted by molar-refractivity contribution is 7.88. The van der Waals surface area contributed by atoms with Crippen LogP contribution in [0.25, 0.3) is 0 Å². The van der Waals surface area contributed by atoms with Crippen molar-refractivity contribution >= 4 is 33.4 Å². The van der Waals surface area contributed by atoms with E-state index in [1.807, 2.05) is 12.1 Å². The van der Waals surface area contributed by atoms with Gasteiger partial charge in [0.25, 0.3) is 0 Å². The summed E-state index contributed by atoms with van der Waals surface area (Å²) in [6.45, 7) is 4.68. The molecule has 3 aliphatic rings.